The second-order valence-electron chi connectivity index (χ2n) is 5.97. The molecule has 0 spiro atoms. The lowest BCUT2D eigenvalue weighted by Gasteiger charge is -2.16. The number of carbonyl (C=O) groups is 2. The van der Waals surface area contributed by atoms with E-state index in [0.717, 1.165) is 6.92 Å². The topological polar surface area (TPSA) is 58.2 Å². The lowest BCUT2D eigenvalue weighted by atomic mass is 10.1. The van der Waals surface area contributed by atoms with Crippen LogP contribution < -0.4 is 10.6 Å². The first-order valence-corrected chi connectivity index (χ1v) is 7.93. The van der Waals surface area contributed by atoms with E-state index in [2.05, 4.69) is 0 Å². The van der Waals surface area contributed by atoms with Crippen LogP contribution in [0.2, 0.25) is 0 Å². The molecule has 0 fully saturated rings. The van der Waals surface area contributed by atoms with Gasteiger partial charge in [-0.3, -0.25) is 9.59 Å². The lowest BCUT2D eigenvalue weighted by Crippen LogP contribution is -2.43. The van der Waals surface area contributed by atoms with E-state index in [1.54, 1.807) is 10.6 Å². The van der Waals surface area contributed by atoms with Gasteiger partial charge in [0, 0.05) is 12.6 Å². The standard InChI is InChI=1S/C17H8F10N2O2/c1-3(29-17(31)5-8(20)12(24)15(27)13(25)9(5)21)2-28-16(30)4-6(18)10(22)14(26)11(23)7(4)19/h3H,2H2,1H3,(H,28,30)(H,29,31)/t3-/m0/s1. The molecule has 4 nitrogen and oxygen atoms in total. The van der Waals surface area contributed by atoms with Crippen molar-refractivity contribution in [2.24, 2.45) is 0 Å². The van der Waals surface area contributed by atoms with Gasteiger partial charge in [0.2, 0.25) is 11.6 Å². The Morgan fingerprint density at radius 3 is 1.23 bits per heavy atom. The third-order valence-corrected chi connectivity index (χ3v) is 3.82. The van der Waals surface area contributed by atoms with Gasteiger partial charge in [-0.1, -0.05) is 0 Å². The summed E-state index contributed by atoms with van der Waals surface area (Å²) in [6.07, 6.45) is 0. The number of nitrogens with one attached hydrogen (secondary N) is 2. The van der Waals surface area contributed by atoms with Crippen molar-refractivity contribution < 1.29 is 53.5 Å². The van der Waals surface area contributed by atoms with E-state index in [4.69, 9.17) is 0 Å². The van der Waals surface area contributed by atoms with Crippen molar-refractivity contribution in [3.8, 4) is 0 Å². The summed E-state index contributed by atoms with van der Waals surface area (Å²) in [5, 5.41) is 3.42. The van der Waals surface area contributed by atoms with E-state index in [9.17, 15) is 53.5 Å². The Labute approximate surface area is 165 Å². The van der Waals surface area contributed by atoms with Gasteiger partial charge in [0.05, 0.1) is 0 Å². The Morgan fingerprint density at radius 1 is 0.581 bits per heavy atom. The van der Waals surface area contributed by atoms with E-state index in [-0.39, 0.29) is 0 Å². The number of halogens is 10. The highest BCUT2D eigenvalue weighted by Gasteiger charge is 2.31. The van der Waals surface area contributed by atoms with Gasteiger partial charge in [-0.2, -0.15) is 0 Å². The SMILES string of the molecule is C[C@@H](CNC(=O)c1c(F)c(F)c(F)c(F)c1F)NC(=O)c1c(F)c(F)c(F)c(F)c1F. The molecule has 0 saturated carbocycles. The Bertz CT molecular complexity index is 1030. The van der Waals surface area contributed by atoms with Gasteiger partial charge >= 0.3 is 0 Å². The zero-order valence-corrected chi connectivity index (χ0v) is 14.9. The molecular formula is C17H8F10N2O2. The van der Waals surface area contributed by atoms with Gasteiger partial charge in [-0.15, -0.1) is 0 Å². The van der Waals surface area contributed by atoms with Crippen molar-refractivity contribution in [2.75, 3.05) is 6.54 Å². The van der Waals surface area contributed by atoms with Gasteiger partial charge < -0.3 is 10.6 Å². The van der Waals surface area contributed by atoms with Crippen molar-refractivity contribution in [1.29, 1.82) is 0 Å². The van der Waals surface area contributed by atoms with E-state index >= 15 is 0 Å². The maximum Gasteiger partial charge on any atom is 0.257 e. The van der Waals surface area contributed by atoms with Gasteiger partial charge in [-0.25, -0.2) is 43.9 Å². The number of hydrogen-bond donors (Lipinski definition) is 2. The molecule has 0 aliphatic heterocycles. The molecule has 0 radical (unpaired) electrons. The highest BCUT2D eigenvalue weighted by molar-refractivity contribution is 5.96. The van der Waals surface area contributed by atoms with Crippen molar-refractivity contribution >= 4 is 11.8 Å². The average molecular weight is 462 g/mol. The van der Waals surface area contributed by atoms with Crippen LogP contribution in [0.5, 0.6) is 0 Å². The summed E-state index contributed by atoms with van der Waals surface area (Å²) in [7, 11) is 0. The fourth-order valence-electron chi connectivity index (χ4n) is 2.29. The molecule has 0 aromatic heterocycles. The van der Waals surface area contributed by atoms with Crippen LogP contribution in [0.25, 0.3) is 0 Å². The molecule has 0 heterocycles. The molecule has 168 valence electrons. The van der Waals surface area contributed by atoms with E-state index in [1.165, 1.54) is 0 Å². The molecule has 2 amide bonds. The molecule has 31 heavy (non-hydrogen) atoms. The highest BCUT2D eigenvalue weighted by Crippen LogP contribution is 2.24. The number of benzene rings is 2. The highest BCUT2D eigenvalue weighted by atomic mass is 19.2. The van der Waals surface area contributed by atoms with Crippen molar-refractivity contribution in [2.45, 2.75) is 13.0 Å². The maximum absolute atomic E-state index is 13.6. The van der Waals surface area contributed by atoms with Crippen LogP contribution in [-0.2, 0) is 0 Å². The molecule has 0 saturated heterocycles. The summed E-state index contributed by atoms with van der Waals surface area (Å²) >= 11 is 0. The van der Waals surface area contributed by atoms with E-state index in [0.29, 0.717) is 0 Å². The van der Waals surface area contributed by atoms with Crippen molar-refractivity contribution in [3.63, 3.8) is 0 Å². The van der Waals surface area contributed by atoms with Crippen LogP contribution in [0.1, 0.15) is 27.6 Å². The summed E-state index contributed by atoms with van der Waals surface area (Å²) in [6, 6.07) is -1.37. The van der Waals surface area contributed by atoms with Gasteiger partial charge in [0.1, 0.15) is 11.1 Å². The Kier molecular flexibility index (Phi) is 6.81. The fourth-order valence-corrected chi connectivity index (χ4v) is 2.29. The zero-order valence-electron chi connectivity index (χ0n) is 14.9. The van der Waals surface area contributed by atoms with Crippen molar-refractivity contribution in [1.82, 2.24) is 10.6 Å². The van der Waals surface area contributed by atoms with Crippen LogP contribution in [0, 0.1) is 58.2 Å². The van der Waals surface area contributed by atoms with Gasteiger partial charge in [0.15, 0.2) is 46.5 Å². The molecule has 2 aromatic carbocycles. The first-order valence-electron chi connectivity index (χ1n) is 7.93. The molecule has 0 unspecified atom stereocenters. The van der Waals surface area contributed by atoms with Crippen LogP contribution >= 0.6 is 0 Å². The van der Waals surface area contributed by atoms with Gasteiger partial charge in [-0.05, 0) is 6.92 Å². The predicted molar refractivity (Wildman–Crippen MR) is 81.7 cm³/mol. The second-order valence-corrected chi connectivity index (χ2v) is 5.97. The van der Waals surface area contributed by atoms with E-state index < -0.39 is 93.7 Å². The molecule has 0 bridgehead atoms. The minimum Gasteiger partial charge on any atom is -0.350 e. The predicted octanol–water partition coefficient (Wildman–Crippen LogP) is 3.63. The van der Waals surface area contributed by atoms with Crippen LogP contribution in [-0.4, -0.2) is 24.4 Å². The number of rotatable bonds is 5. The third-order valence-electron chi connectivity index (χ3n) is 3.82. The monoisotopic (exact) mass is 462 g/mol. The molecule has 0 aliphatic carbocycles. The Balaban J connectivity index is 2.16. The quantitative estimate of drug-likeness (QED) is 0.405. The first-order chi connectivity index (χ1) is 14.3. The van der Waals surface area contributed by atoms with Crippen LogP contribution in [0.15, 0.2) is 0 Å². The summed E-state index contributed by atoms with van der Waals surface area (Å²) in [5.41, 5.74) is -3.68. The fraction of sp³-hybridized carbons (Fsp3) is 0.176. The summed E-state index contributed by atoms with van der Waals surface area (Å²) in [5.74, 6) is -27.9. The normalized spacial score (nSPS) is 12.0. The number of hydrogen-bond acceptors (Lipinski definition) is 2. The second kappa shape index (κ2) is 8.81. The molecule has 14 heteroatoms. The summed E-state index contributed by atoms with van der Waals surface area (Å²) in [6.45, 7) is 0.211. The molecular weight excluding hydrogens is 454 g/mol. The largest absolute Gasteiger partial charge is 0.350 e. The molecule has 2 N–H and O–H groups in total. The van der Waals surface area contributed by atoms with Crippen LogP contribution in [0.3, 0.4) is 0 Å². The van der Waals surface area contributed by atoms with Crippen LogP contribution in [0.4, 0.5) is 43.9 Å². The minimum atomic E-state index is -2.50. The van der Waals surface area contributed by atoms with Gasteiger partial charge in [0.25, 0.3) is 11.8 Å². The lowest BCUT2D eigenvalue weighted by molar-refractivity contribution is 0.0899. The Hall–Kier alpha value is -3.32. The first kappa shape index (κ1) is 24.0. The molecule has 2 rings (SSSR count). The molecule has 1 atom stereocenters. The Morgan fingerprint density at radius 2 is 0.871 bits per heavy atom. The molecule has 2 aromatic rings. The third kappa shape index (κ3) is 4.27. The smallest absolute Gasteiger partial charge is 0.257 e. The summed E-state index contributed by atoms with van der Waals surface area (Å²) in [4.78, 5) is 23.6. The molecule has 0 aliphatic rings. The maximum atomic E-state index is 13.6. The minimum absolute atomic E-state index is 0.806. The van der Waals surface area contributed by atoms with Crippen molar-refractivity contribution in [3.05, 3.63) is 69.3 Å². The average Bonchev–Trinajstić information content (AvgIpc) is 2.72. The van der Waals surface area contributed by atoms with E-state index in [1.807, 2.05) is 0 Å². The zero-order chi connectivity index (χ0) is 23.8. The number of carbonyl (C=O) groups excluding carboxylic acids is 2. The summed E-state index contributed by atoms with van der Waals surface area (Å²) < 4.78 is 133. The number of amides is 2.